The van der Waals surface area contributed by atoms with E-state index in [-0.39, 0.29) is 5.91 Å². The molecule has 2 atom stereocenters. The van der Waals surface area contributed by atoms with Gasteiger partial charge in [0.25, 0.3) is 0 Å². The number of carbonyl (C=O) groups excluding carboxylic acids is 1. The number of carbonyl (C=O) groups is 1. The van der Waals surface area contributed by atoms with E-state index in [0.29, 0.717) is 25.0 Å². The van der Waals surface area contributed by atoms with Gasteiger partial charge in [-0.05, 0) is 37.4 Å². The zero-order chi connectivity index (χ0) is 18.6. The van der Waals surface area contributed by atoms with Crippen LogP contribution in [-0.2, 0) is 17.8 Å². The highest BCUT2D eigenvalue weighted by Crippen LogP contribution is 2.29. The standard InChI is InChI=1S/C23H28N2O2/c1-24-14-19-11-12-21(16-24)25(15-19)23(26)13-20-9-5-6-10-22(20)27-17-18-7-3-2-4-8-18/h2-10,19,21H,11-17H2,1H3/t19-,21+/m0/s1. The molecule has 2 aromatic carbocycles. The molecule has 3 aliphatic heterocycles. The Balaban J connectivity index is 1.44. The Hall–Kier alpha value is -2.33. The van der Waals surface area contributed by atoms with E-state index < -0.39 is 0 Å². The normalized spacial score (nSPS) is 22.5. The van der Waals surface area contributed by atoms with Crippen LogP contribution in [0.25, 0.3) is 0 Å². The smallest absolute Gasteiger partial charge is 0.227 e. The second-order valence-corrected chi connectivity index (χ2v) is 7.92. The van der Waals surface area contributed by atoms with Crippen LogP contribution in [0.4, 0.5) is 0 Å². The van der Waals surface area contributed by atoms with Crippen LogP contribution in [0.3, 0.4) is 0 Å². The number of benzene rings is 2. The zero-order valence-electron chi connectivity index (χ0n) is 16.0. The van der Waals surface area contributed by atoms with Crippen LogP contribution in [0.1, 0.15) is 24.0 Å². The molecule has 5 rings (SSSR count). The number of piperidine rings is 1. The third-order valence-corrected chi connectivity index (χ3v) is 5.77. The lowest BCUT2D eigenvalue weighted by Crippen LogP contribution is -2.47. The molecule has 3 heterocycles. The third-order valence-electron chi connectivity index (χ3n) is 5.77. The van der Waals surface area contributed by atoms with Gasteiger partial charge in [0.1, 0.15) is 12.4 Å². The van der Waals surface area contributed by atoms with Crippen molar-refractivity contribution in [3.05, 3.63) is 65.7 Å². The number of amides is 1. The van der Waals surface area contributed by atoms with Crippen molar-refractivity contribution in [1.82, 2.24) is 9.80 Å². The Labute approximate surface area is 161 Å². The molecule has 3 aliphatic rings. The quantitative estimate of drug-likeness (QED) is 0.816. The molecule has 2 bridgehead atoms. The number of para-hydroxylation sites is 1. The second-order valence-electron chi connectivity index (χ2n) is 7.92. The van der Waals surface area contributed by atoms with Gasteiger partial charge >= 0.3 is 0 Å². The summed E-state index contributed by atoms with van der Waals surface area (Å²) in [6.07, 6.45) is 2.79. The van der Waals surface area contributed by atoms with E-state index in [4.69, 9.17) is 4.74 Å². The summed E-state index contributed by atoms with van der Waals surface area (Å²) < 4.78 is 6.04. The number of nitrogens with zero attached hydrogens (tertiary/aromatic N) is 2. The highest BCUT2D eigenvalue weighted by molar-refractivity contribution is 5.80. The van der Waals surface area contributed by atoms with Crippen molar-refractivity contribution in [3.8, 4) is 5.75 Å². The zero-order valence-corrected chi connectivity index (χ0v) is 16.0. The molecule has 0 spiro atoms. The van der Waals surface area contributed by atoms with Crippen LogP contribution in [0.2, 0.25) is 0 Å². The topological polar surface area (TPSA) is 32.8 Å². The lowest BCUT2D eigenvalue weighted by molar-refractivity contribution is -0.134. The largest absolute Gasteiger partial charge is 0.489 e. The molecule has 0 N–H and O–H groups in total. The van der Waals surface area contributed by atoms with E-state index in [1.54, 1.807) is 0 Å². The highest BCUT2D eigenvalue weighted by Gasteiger charge is 2.36. The van der Waals surface area contributed by atoms with Gasteiger partial charge in [0.2, 0.25) is 5.91 Å². The van der Waals surface area contributed by atoms with Crippen molar-refractivity contribution in [3.63, 3.8) is 0 Å². The molecule has 4 heteroatoms. The average molecular weight is 364 g/mol. The first kappa shape index (κ1) is 18.1. The summed E-state index contributed by atoms with van der Waals surface area (Å²) >= 11 is 0. The maximum Gasteiger partial charge on any atom is 0.227 e. The number of fused-ring (bicyclic) bond motifs is 4. The number of rotatable bonds is 5. The van der Waals surface area contributed by atoms with Gasteiger partial charge in [0.05, 0.1) is 6.42 Å². The van der Waals surface area contributed by atoms with Gasteiger partial charge in [-0.2, -0.15) is 0 Å². The molecule has 27 heavy (non-hydrogen) atoms. The van der Waals surface area contributed by atoms with Crippen molar-refractivity contribution in [2.45, 2.75) is 31.9 Å². The second kappa shape index (κ2) is 8.13. The number of hydrogen-bond donors (Lipinski definition) is 0. The van der Waals surface area contributed by atoms with Crippen LogP contribution in [0.5, 0.6) is 5.75 Å². The van der Waals surface area contributed by atoms with Crippen LogP contribution >= 0.6 is 0 Å². The lowest BCUT2D eigenvalue weighted by atomic mass is 9.94. The molecule has 0 saturated carbocycles. The van der Waals surface area contributed by atoms with Crippen LogP contribution in [0, 0.1) is 5.92 Å². The summed E-state index contributed by atoms with van der Waals surface area (Å²) in [5.74, 6) is 1.66. The summed E-state index contributed by atoms with van der Waals surface area (Å²) in [5.41, 5.74) is 2.11. The lowest BCUT2D eigenvalue weighted by Gasteiger charge is -2.36. The molecule has 3 fully saturated rings. The Bertz CT molecular complexity index is 777. The highest BCUT2D eigenvalue weighted by atomic mass is 16.5. The minimum absolute atomic E-state index is 0.232. The Morgan fingerprint density at radius 3 is 2.63 bits per heavy atom. The molecular weight excluding hydrogens is 336 g/mol. The van der Waals surface area contributed by atoms with Crippen LogP contribution in [-0.4, -0.2) is 48.4 Å². The Kier molecular flexibility index (Phi) is 5.44. The van der Waals surface area contributed by atoms with Gasteiger partial charge in [-0.3, -0.25) is 4.79 Å². The summed E-state index contributed by atoms with van der Waals surface area (Å²) in [4.78, 5) is 17.6. The number of ether oxygens (including phenoxy) is 1. The predicted molar refractivity (Wildman–Crippen MR) is 107 cm³/mol. The van der Waals surface area contributed by atoms with Gasteiger partial charge in [-0.15, -0.1) is 0 Å². The molecule has 0 radical (unpaired) electrons. The minimum atomic E-state index is 0.232. The molecule has 4 nitrogen and oxygen atoms in total. The molecule has 1 amide bonds. The van der Waals surface area contributed by atoms with Crippen LogP contribution in [0.15, 0.2) is 54.6 Å². The summed E-state index contributed by atoms with van der Waals surface area (Å²) in [6.45, 7) is 3.53. The molecule has 0 aliphatic carbocycles. The number of likely N-dealkylation sites (N-methyl/N-ethyl adjacent to an activating group) is 1. The first-order valence-electron chi connectivity index (χ1n) is 9.91. The summed E-state index contributed by atoms with van der Waals surface area (Å²) in [6, 6.07) is 18.4. The monoisotopic (exact) mass is 364 g/mol. The fourth-order valence-corrected chi connectivity index (χ4v) is 4.41. The molecular formula is C23H28N2O2. The van der Waals surface area contributed by atoms with E-state index in [2.05, 4.69) is 29.0 Å². The van der Waals surface area contributed by atoms with Gasteiger partial charge < -0.3 is 14.5 Å². The van der Waals surface area contributed by atoms with E-state index in [1.807, 2.05) is 42.5 Å². The first-order valence-corrected chi connectivity index (χ1v) is 9.91. The predicted octanol–water partition coefficient (Wildman–Crippen LogP) is 3.36. The SMILES string of the molecule is CN1C[C@@H]2CC[C@H](C1)N(C(=O)Cc1ccccc1OCc1ccccc1)C2. The summed E-state index contributed by atoms with van der Waals surface area (Å²) in [7, 11) is 2.17. The Morgan fingerprint density at radius 2 is 1.78 bits per heavy atom. The van der Waals surface area contributed by atoms with Gasteiger partial charge in [0.15, 0.2) is 0 Å². The maximum absolute atomic E-state index is 13.1. The third kappa shape index (κ3) is 4.33. The van der Waals surface area contributed by atoms with E-state index in [1.165, 1.54) is 6.42 Å². The minimum Gasteiger partial charge on any atom is -0.489 e. The van der Waals surface area contributed by atoms with E-state index in [9.17, 15) is 4.79 Å². The molecule has 142 valence electrons. The van der Waals surface area contributed by atoms with Crippen molar-refractivity contribution >= 4 is 5.91 Å². The Morgan fingerprint density at radius 1 is 1.00 bits per heavy atom. The fraction of sp³-hybridized carbons (Fsp3) is 0.435. The molecule has 0 aromatic heterocycles. The molecule has 2 aromatic rings. The molecule has 3 saturated heterocycles. The first-order chi connectivity index (χ1) is 13.2. The average Bonchev–Trinajstić information content (AvgIpc) is 2.97. The van der Waals surface area contributed by atoms with Crippen molar-refractivity contribution < 1.29 is 9.53 Å². The number of hydrogen-bond acceptors (Lipinski definition) is 3. The summed E-state index contributed by atoms with van der Waals surface area (Å²) in [5, 5.41) is 0. The van der Waals surface area contributed by atoms with Crippen LogP contribution < -0.4 is 4.74 Å². The van der Waals surface area contributed by atoms with Gasteiger partial charge in [0, 0.05) is 31.2 Å². The maximum atomic E-state index is 13.1. The van der Waals surface area contributed by atoms with Crippen molar-refractivity contribution in [2.24, 2.45) is 5.92 Å². The van der Waals surface area contributed by atoms with Gasteiger partial charge in [-0.1, -0.05) is 48.5 Å². The van der Waals surface area contributed by atoms with E-state index in [0.717, 1.165) is 42.9 Å². The van der Waals surface area contributed by atoms with E-state index >= 15 is 0 Å². The molecule has 0 unspecified atom stereocenters. The van der Waals surface area contributed by atoms with Crippen molar-refractivity contribution in [1.29, 1.82) is 0 Å². The van der Waals surface area contributed by atoms with Crippen molar-refractivity contribution in [2.75, 3.05) is 26.7 Å². The fourth-order valence-electron chi connectivity index (χ4n) is 4.41. The van der Waals surface area contributed by atoms with Gasteiger partial charge in [-0.25, -0.2) is 0 Å².